The predicted octanol–water partition coefficient (Wildman–Crippen LogP) is 3.05. The van der Waals surface area contributed by atoms with Crippen LogP contribution in [0.5, 0.6) is 0 Å². The molecule has 7 heteroatoms. The fraction of sp³-hybridized carbons (Fsp3) is 0.389. The Labute approximate surface area is 147 Å². The van der Waals surface area contributed by atoms with Crippen molar-refractivity contribution < 1.29 is 9.90 Å². The standard InChI is InChI=1S/C18H25N5O2/c1-11-5-12(2)7-13(6-11)14-8-15(23-16(19)22-14)20-9-18(3,4)10-21-17(24)25/h5-8,21H,9-10H2,1-4H3,(H,24,25)(H3,19,20,22,23). The highest BCUT2D eigenvalue weighted by molar-refractivity contribution is 5.66. The van der Waals surface area contributed by atoms with Crippen molar-refractivity contribution in [3.05, 3.63) is 35.4 Å². The van der Waals surface area contributed by atoms with Crippen LogP contribution in [0.3, 0.4) is 0 Å². The molecule has 1 amide bonds. The third kappa shape index (κ3) is 5.63. The second-order valence-electron chi connectivity index (χ2n) is 7.05. The molecule has 0 radical (unpaired) electrons. The Morgan fingerprint density at radius 3 is 2.36 bits per heavy atom. The van der Waals surface area contributed by atoms with E-state index in [1.54, 1.807) is 0 Å². The van der Waals surface area contributed by atoms with Gasteiger partial charge in [0.2, 0.25) is 5.95 Å². The monoisotopic (exact) mass is 343 g/mol. The Balaban J connectivity index is 2.17. The Kier molecular flexibility index (Phi) is 5.46. The average molecular weight is 343 g/mol. The average Bonchev–Trinajstić information content (AvgIpc) is 2.50. The minimum absolute atomic E-state index is 0.195. The highest BCUT2D eigenvalue weighted by atomic mass is 16.4. The van der Waals surface area contributed by atoms with Crippen LogP contribution >= 0.6 is 0 Å². The number of aryl methyl sites for hydroxylation is 2. The molecule has 134 valence electrons. The Morgan fingerprint density at radius 1 is 1.12 bits per heavy atom. The summed E-state index contributed by atoms with van der Waals surface area (Å²) in [5.41, 5.74) is 9.63. The second kappa shape index (κ2) is 7.38. The van der Waals surface area contributed by atoms with Crippen molar-refractivity contribution in [1.29, 1.82) is 0 Å². The van der Waals surface area contributed by atoms with Gasteiger partial charge in [0.15, 0.2) is 0 Å². The number of hydrogen-bond acceptors (Lipinski definition) is 5. The SMILES string of the molecule is Cc1cc(C)cc(-c2cc(NCC(C)(C)CNC(=O)O)nc(N)n2)c1. The summed E-state index contributed by atoms with van der Waals surface area (Å²) < 4.78 is 0. The maximum atomic E-state index is 10.7. The fourth-order valence-electron chi connectivity index (χ4n) is 2.53. The maximum Gasteiger partial charge on any atom is 0.404 e. The second-order valence-corrected chi connectivity index (χ2v) is 7.05. The van der Waals surface area contributed by atoms with Crippen molar-refractivity contribution in [2.24, 2.45) is 5.41 Å². The first-order valence-corrected chi connectivity index (χ1v) is 8.08. The number of aromatic nitrogens is 2. The molecule has 0 spiro atoms. The lowest BCUT2D eigenvalue weighted by Crippen LogP contribution is -2.37. The topological polar surface area (TPSA) is 113 Å². The molecule has 0 atom stereocenters. The van der Waals surface area contributed by atoms with Gasteiger partial charge in [-0.25, -0.2) is 9.78 Å². The molecule has 0 aliphatic carbocycles. The summed E-state index contributed by atoms with van der Waals surface area (Å²) in [7, 11) is 0. The van der Waals surface area contributed by atoms with E-state index in [0.717, 1.165) is 22.4 Å². The number of hydrogen-bond donors (Lipinski definition) is 4. The van der Waals surface area contributed by atoms with Crippen LogP contribution in [0.2, 0.25) is 0 Å². The Bertz CT molecular complexity index is 754. The summed E-state index contributed by atoms with van der Waals surface area (Å²) in [6, 6.07) is 8.06. The first-order valence-electron chi connectivity index (χ1n) is 8.08. The summed E-state index contributed by atoms with van der Waals surface area (Å²) in [6.45, 7) is 8.88. The molecule has 0 aliphatic rings. The van der Waals surface area contributed by atoms with E-state index in [1.165, 1.54) is 0 Å². The summed E-state index contributed by atoms with van der Waals surface area (Å²) in [5.74, 6) is 0.811. The minimum atomic E-state index is -1.03. The molecular formula is C18H25N5O2. The first kappa shape index (κ1) is 18.5. The van der Waals surface area contributed by atoms with Gasteiger partial charge in [0.25, 0.3) is 0 Å². The van der Waals surface area contributed by atoms with Crippen molar-refractivity contribution in [2.75, 3.05) is 24.1 Å². The predicted molar refractivity (Wildman–Crippen MR) is 99.7 cm³/mol. The highest BCUT2D eigenvalue weighted by Crippen LogP contribution is 2.24. The molecule has 0 unspecified atom stereocenters. The van der Waals surface area contributed by atoms with Crippen LogP contribution in [-0.4, -0.2) is 34.3 Å². The third-order valence-electron chi connectivity index (χ3n) is 3.73. The van der Waals surface area contributed by atoms with Gasteiger partial charge in [-0.05, 0) is 31.4 Å². The molecule has 0 aliphatic heterocycles. The number of anilines is 2. The van der Waals surface area contributed by atoms with Crippen molar-refractivity contribution in [3.8, 4) is 11.3 Å². The van der Waals surface area contributed by atoms with Crippen LogP contribution in [-0.2, 0) is 0 Å². The number of rotatable bonds is 6. The Morgan fingerprint density at radius 2 is 1.76 bits per heavy atom. The van der Waals surface area contributed by atoms with Gasteiger partial charge >= 0.3 is 6.09 Å². The molecular weight excluding hydrogens is 318 g/mol. The highest BCUT2D eigenvalue weighted by Gasteiger charge is 2.19. The quantitative estimate of drug-likeness (QED) is 0.641. The van der Waals surface area contributed by atoms with Crippen molar-refractivity contribution in [2.45, 2.75) is 27.7 Å². The van der Waals surface area contributed by atoms with E-state index >= 15 is 0 Å². The zero-order valence-corrected chi connectivity index (χ0v) is 15.1. The lowest BCUT2D eigenvalue weighted by Gasteiger charge is -2.25. The van der Waals surface area contributed by atoms with Gasteiger partial charge in [-0.2, -0.15) is 4.98 Å². The molecule has 0 saturated heterocycles. The van der Waals surface area contributed by atoms with Crippen LogP contribution < -0.4 is 16.4 Å². The number of carboxylic acid groups (broad SMARTS) is 1. The minimum Gasteiger partial charge on any atom is -0.465 e. The summed E-state index contributed by atoms with van der Waals surface area (Å²) in [4.78, 5) is 19.2. The van der Waals surface area contributed by atoms with Gasteiger partial charge in [-0.1, -0.05) is 31.0 Å². The number of amides is 1. The van der Waals surface area contributed by atoms with Gasteiger partial charge < -0.3 is 21.5 Å². The van der Waals surface area contributed by atoms with E-state index < -0.39 is 6.09 Å². The van der Waals surface area contributed by atoms with E-state index in [1.807, 2.05) is 33.8 Å². The molecule has 1 heterocycles. The molecule has 5 N–H and O–H groups in total. The molecule has 2 aromatic rings. The lowest BCUT2D eigenvalue weighted by molar-refractivity contribution is 0.189. The number of nitrogens with two attached hydrogens (primary N) is 1. The maximum absolute atomic E-state index is 10.7. The van der Waals surface area contributed by atoms with Crippen molar-refractivity contribution >= 4 is 17.9 Å². The van der Waals surface area contributed by atoms with E-state index in [-0.39, 0.29) is 11.4 Å². The van der Waals surface area contributed by atoms with Crippen LogP contribution in [0.1, 0.15) is 25.0 Å². The summed E-state index contributed by atoms with van der Waals surface area (Å²) in [5, 5.41) is 14.4. The van der Waals surface area contributed by atoms with E-state index in [9.17, 15) is 4.79 Å². The smallest absolute Gasteiger partial charge is 0.404 e. The van der Waals surface area contributed by atoms with E-state index in [4.69, 9.17) is 10.8 Å². The van der Waals surface area contributed by atoms with E-state index in [2.05, 4.69) is 38.8 Å². The molecule has 0 bridgehead atoms. The van der Waals surface area contributed by atoms with Crippen LogP contribution in [0, 0.1) is 19.3 Å². The molecule has 0 saturated carbocycles. The number of nitrogen functional groups attached to an aromatic ring is 1. The number of nitrogens with one attached hydrogen (secondary N) is 2. The van der Waals surface area contributed by atoms with Crippen molar-refractivity contribution in [1.82, 2.24) is 15.3 Å². The molecule has 25 heavy (non-hydrogen) atoms. The lowest BCUT2D eigenvalue weighted by atomic mass is 9.93. The molecule has 2 rings (SSSR count). The van der Waals surface area contributed by atoms with Crippen LogP contribution in [0.25, 0.3) is 11.3 Å². The molecule has 7 nitrogen and oxygen atoms in total. The summed E-state index contributed by atoms with van der Waals surface area (Å²) >= 11 is 0. The van der Waals surface area contributed by atoms with Gasteiger partial charge in [-0.15, -0.1) is 0 Å². The summed E-state index contributed by atoms with van der Waals surface area (Å²) in [6.07, 6.45) is -1.03. The number of benzene rings is 1. The van der Waals surface area contributed by atoms with Crippen LogP contribution in [0.15, 0.2) is 24.3 Å². The van der Waals surface area contributed by atoms with Gasteiger partial charge in [-0.3, -0.25) is 0 Å². The Hall–Kier alpha value is -2.83. The normalized spacial score (nSPS) is 11.2. The number of carbonyl (C=O) groups is 1. The molecule has 1 aromatic heterocycles. The van der Waals surface area contributed by atoms with Crippen molar-refractivity contribution in [3.63, 3.8) is 0 Å². The van der Waals surface area contributed by atoms with E-state index in [0.29, 0.717) is 18.9 Å². The zero-order chi connectivity index (χ0) is 18.6. The molecule has 1 aromatic carbocycles. The van der Waals surface area contributed by atoms with Gasteiger partial charge in [0, 0.05) is 24.7 Å². The zero-order valence-electron chi connectivity index (χ0n) is 15.1. The van der Waals surface area contributed by atoms with Gasteiger partial charge in [0.1, 0.15) is 5.82 Å². The molecule has 0 fully saturated rings. The fourth-order valence-corrected chi connectivity index (χ4v) is 2.53. The first-order chi connectivity index (χ1) is 11.6. The van der Waals surface area contributed by atoms with Crippen LogP contribution in [0.4, 0.5) is 16.6 Å². The third-order valence-corrected chi connectivity index (χ3v) is 3.73. The van der Waals surface area contributed by atoms with Gasteiger partial charge in [0.05, 0.1) is 5.69 Å². The largest absolute Gasteiger partial charge is 0.465 e. The number of nitrogens with zero attached hydrogens (tertiary/aromatic N) is 2.